The molecule has 0 saturated carbocycles. The predicted molar refractivity (Wildman–Crippen MR) is 72.0 cm³/mol. The Kier molecular flexibility index (Phi) is 4.92. The number of nitro benzene ring substituents is 1. The van der Waals surface area contributed by atoms with E-state index in [9.17, 15) is 14.9 Å². The van der Waals surface area contributed by atoms with E-state index >= 15 is 0 Å². The Hall–Kier alpha value is -1.66. The average molecular weight is 300 g/mol. The number of hydrogen-bond donors (Lipinski definition) is 0. The maximum atomic E-state index is 11.9. The normalized spacial score (nSPS) is 18.6. The highest BCUT2D eigenvalue weighted by atomic mass is 35.5. The van der Waals surface area contributed by atoms with Gasteiger partial charge in [0.15, 0.2) is 0 Å². The molecule has 1 atom stereocenters. The minimum Gasteiger partial charge on any atom is -0.459 e. The maximum Gasteiger partial charge on any atom is 0.345 e. The first-order valence-corrected chi connectivity index (χ1v) is 6.68. The van der Waals surface area contributed by atoms with Crippen LogP contribution in [0.2, 0.25) is 5.02 Å². The van der Waals surface area contributed by atoms with Crippen molar-refractivity contribution in [2.45, 2.75) is 25.4 Å². The lowest BCUT2D eigenvalue weighted by Crippen LogP contribution is -2.26. The van der Waals surface area contributed by atoms with Crippen molar-refractivity contribution in [3.63, 3.8) is 0 Å². The molecule has 0 amide bonds. The summed E-state index contributed by atoms with van der Waals surface area (Å²) in [4.78, 5) is 22.1. The SMILES string of the molecule is O=C(OCC1CCCCO1)c1ccc(Cl)cc1[N+](=O)[O-]. The van der Waals surface area contributed by atoms with Gasteiger partial charge in [-0.1, -0.05) is 11.6 Å². The van der Waals surface area contributed by atoms with Crippen LogP contribution in [0.5, 0.6) is 0 Å². The zero-order chi connectivity index (χ0) is 14.5. The highest BCUT2D eigenvalue weighted by Gasteiger charge is 2.23. The minimum atomic E-state index is -0.734. The number of hydrogen-bond acceptors (Lipinski definition) is 5. The van der Waals surface area contributed by atoms with E-state index < -0.39 is 10.9 Å². The van der Waals surface area contributed by atoms with Gasteiger partial charge in [-0.15, -0.1) is 0 Å². The van der Waals surface area contributed by atoms with E-state index in [2.05, 4.69) is 0 Å². The number of esters is 1. The largest absolute Gasteiger partial charge is 0.459 e. The Morgan fingerprint density at radius 2 is 2.30 bits per heavy atom. The first kappa shape index (κ1) is 14.7. The van der Waals surface area contributed by atoms with E-state index in [-0.39, 0.29) is 29.0 Å². The van der Waals surface area contributed by atoms with Crippen LogP contribution in [0, 0.1) is 10.1 Å². The molecule has 1 aromatic rings. The van der Waals surface area contributed by atoms with Gasteiger partial charge in [-0.2, -0.15) is 0 Å². The number of rotatable bonds is 4. The highest BCUT2D eigenvalue weighted by Crippen LogP contribution is 2.24. The van der Waals surface area contributed by atoms with Gasteiger partial charge in [0.2, 0.25) is 0 Å². The number of ether oxygens (including phenoxy) is 2. The van der Waals surface area contributed by atoms with Crippen LogP contribution in [-0.4, -0.2) is 30.2 Å². The summed E-state index contributed by atoms with van der Waals surface area (Å²) < 4.78 is 10.5. The standard InChI is InChI=1S/C13H14ClNO5/c14-9-4-5-11(12(7-9)15(17)18)13(16)20-8-10-3-1-2-6-19-10/h4-5,7,10H,1-3,6,8H2. The van der Waals surface area contributed by atoms with Gasteiger partial charge in [-0.25, -0.2) is 4.79 Å². The van der Waals surface area contributed by atoms with E-state index in [1.54, 1.807) is 0 Å². The quantitative estimate of drug-likeness (QED) is 0.485. The van der Waals surface area contributed by atoms with Crippen molar-refractivity contribution in [2.75, 3.05) is 13.2 Å². The molecule has 1 aromatic carbocycles. The average Bonchev–Trinajstić information content (AvgIpc) is 2.45. The fraction of sp³-hybridized carbons (Fsp3) is 0.462. The summed E-state index contributed by atoms with van der Waals surface area (Å²) in [6.45, 7) is 0.766. The van der Waals surface area contributed by atoms with Crippen LogP contribution in [0.4, 0.5) is 5.69 Å². The van der Waals surface area contributed by atoms with Gasteiger partial charge >= 0.3 is 5.97 Å². The van der Waals surface area contributed by atoms with Crippen LogP contribution in [0.1, 0.15) is 29.6 Å². The number of benzene rings is 1. The molecular formula is C13H14ClNO5. The molecule has 108 valence electrons. The smallest absolute Gasteiger partial charge is 0.345 e. The van der Waals surface area contributed by atoms with Crippen LogP contribution >= 0.6 is 11.6 Å². The van der Waals surface area contributed by atoms with Gasteiger partial charge in [0.25, 0.3) is 5.69 Å². The molecule has 6 nitrogen and oxygen atoms in total. The molecule has 0 N–H and O–H groups in total. The third-order valence-corrected chi connectivity index (χ3v) is 3.29. The van der Waals surface area contributed by atoms with Gasteiger partial charge in [0, 0.05) is 17.7 Å². The molecule has 1 aliphatic rings. The van der Waals surface area contributed by atoms with Crippen LogP contribution < -0.4 is 0 Å². The van der Waals surface area contributed by atoms with Gasteiger partial charge in [-0.3, -0.25) is 10.1 Å². The summed E-state index contributed by atoms with van der Waals surface area (Å²) in [6, 6.07) is 3.85. The van der Waals surface area contributed by atoms with Crippen LogP contribution in [0.15, 0.2) is 18.2 Å². The second-order valence-electron chi connectivity index (χ2n) is 4.51. The molecule has 1 fully saturated rings. The van der Waals surface area contributed by atoms with E-state index in [0.717, 1.165) is 25.3 Å². The molecule has 0 aliphatic carbocycles. The Labute approximate surface area is 120 Å². The van der Waals surface area contributed by atoms with Gasteiger partial charge in [-0.05, 0) is 31.4 Å². The number of nitrogens with zero attached hydrogens (tertiary/aromatic N) is 1. The molecule has 0 radical (unpaired) electrons. The summed E-state index contributed by atoms with van der Waals surface area (Å²) in [5.41, 5.74) is -0.456. The van der Waals surface area contributed by atoms with E-state index in [4.69, 9.17) is 21.1 Å². The third kappa shape index (κ3) is 3.68. The van der Waals surface area contributed by atoms with E-state index in [0.29, 0.717) is 6.61 Å². The Morgan fingerprint density at radius 3 is 2.95 bits per heavy atom. The third-order valence-electron chi connectivity index (χ3n) is 3.05. The van der Waals surface area contributed by atoms with Gasteiger partial charge in [0.1, 0.15) is 12.2 Å². The molecule has 1 unspecified atom stereocenters. The molecule has 1 heterocycles. The minimum absolute atomic E-state index is 0.102. The zero-order valence-corrected chi connectivity index (χ0v) is 11.5. The monoisotopic (exact) mass is 299 g/mol. The molecule has 0 spiro atoms. The fourth-order valence-corrected chi connectivity index (χ4v) is 2.18. The summed E-state index contributed by atoms with van der Waals surface area (Å²) in [5, 5.41) is 11.1. The van der Waals surface area contributed by atoms with Crippen molar-refractivity contribution < 1.29 is 19.2 Å². The summed E-state index contributed by atoms with van der Waals surface area (Å²) in [5.74, 6) is -0.734. The van der Waals surface area contributed by atoms with Crippen LogP contribution in [0.3, 0.4) is 0 Å². The highest BCUT2D eigenvalue weighted by molar-refractivity contribution is 6.31. The van der Waals surface area contributed by atoms with Gasteiger partial charge < -0.3 is 9.47 Å². The number of nitro groups is 1. The molecule has 0 bridgehead atoms. The van der Waals surface area contributed by atoms with Crippen molar-refractivity contribution in [2.24, 2.45) is 0 Å². The van der Waals surface area contributed by atoms with E-state index in [1.165, 1.54) is 12.1 Å². The maximum absolute atomic E-state index is 11.9. The Balaban J connectivity index is 2.03. The van der Waals surface area contributed by atoms with Crippen molar-refractivity contribution in [1.82, 2.24) is 0 Å². The lowest BCUT2D eigenvalue weighted by Gasteiger charge is -2.22. The summed E-state index contributed by atoms with van der Waals surface area (Å²) >= 11 is 5.69. The first-order valence-electron chi connectivity index (χ1n) is 6.30. The summed E-state index contributed by atoms with van der Waals surface area (Å²) in [6.07, 6.45) is 2.74. The van der Waals surface area contributed by atoms with Crippen LogP contribution in [0.25, 0.3) is 0 Å². The van der Waals surface area contributed by atoms with Crippen molar-refractivity contribution in [3.05, 3.63) is 38.9 Å². The zero-order valence-electron chi connectivity index (χ0n) is 10.7. The predicted octanol–water partition coefficient (Wildman–Crippen LogP) is 2.97. The fourth-order valence-electron chi connectivity index (χ4n) is 2.01. The lowest BCUT2D eigenvalue weighted by molar-refractivity contribution is -0.385. The molecule has 0 aromatic heterocycles. The van der Waals surface area contributed by atoms with Crippen molar-refractivity contribution in [1.29, 1.82) is 0 Å². The second kappa shape index (κ2) is 6.67. The van der Waals surface area contributed by atoms with Crippen LogP contribution in [-0.2, 0) is 9.47 Å². The number of carbonyl (C=O) groups excluding carboxylic acids is 1. The number of halogens is 1. The molecule has 7 heteroatoms. The Bertz CT molecular complexity index is 513. The van der Waals surface area contributed by atoms with Gasteiger partial charge in [0.05, 0.1) is 11.0 Å². The molecule has 1 aliphatic heterocycles. The second-order valence-corrected chi connectivity index (χ2v) is 4.94. The lowest BCUT2D eigenvalue weighted by atomic mass is 10.1. The number of carbonyl (C=O) groups is 1. The first-order chi connectivity index (χ1) is 9.58. The van der Waals surface area contributed by atoms with E-state index in [1.807, 2.05) is 0 Å². The Morgan fingerprint density at radius 1 is 1.50 bits per heavy atom. The molecule has 1 saturated heterocycles. The molecular weight excluding hydrogens is 286 g/mol. The van der Waals surface area contributed by atoms with Crippen molar-refractivity contribution >= 4 is 23.3 Å². The molecule has 20 heavy (non-hydrogen) atoms. The topological polar surface area (TPSA) is 78.7 Å². The molecule has 2 rings (SSSR count). The van der Waals surface area contributed by atoms with Crippen molar-refractivity contribution in [3.8, 4) is 0 Å². The summed E-state index contributed by atoms with van der Waals surface area (Å²) in [7, 11) is 0.